The lowest BCUT2D eigenvalue weighted by Crippen LogP contribution is -2.41. The third kappa shape index (κ3) is 2.80. The number of hydrogen-bond acceptors (Lipinski definition) is 7. The summed E-state index contributed by atoms with van der Waals surface area (Å²) in [6.07, 6.45) is -2.43. The van der Waals surface area contributed by atoms with Crippen molar-refractivity contribution in [3.63, 3.8) is 0 Å². The molecule has 122 valence electrons. The minimum atomic E-state index is -1.16. The molecule has 0 unspecified atom stereocenters. The van der Waals surface area contributed by atoms with Gasteiger partial charge in [-0.05, 0) is 0 Å². The first-order valence-electron chi connectivity index (χ1n) is 6.88. The number of fused-ring (bicyclic) bond motifs is 1. The number of aliphatic carboxylic acids is 1. The van der Waals surface area contributed by atoms with E-state index >= 15 is 0 Å². The van der Waals surface area contributed by atoms with Gasteiger partial charge in [0.1, 0.15) is 29.5 Å². The fourth-order valence-electron chi connectivity index (χ4n) is 2.80. The molecule has 3 rings (SSSR count). The molecule has 8 nitrogen and oxygen atoms in total. The summed E-state index contributed by atoms with van der Waals surface area (Å²) in [7, 11) is 0. The van der Waals surface area contributed by atoms with Crippen molar-refractivity contribution in [3.8, 4) is 17.2 Å². The van der Waals surface area contributed by atoms with Crippen molar-refractivity contribution in [1.29, 1.82) is 0 Å². The molecule has 2 heterocycles. The number of phenolic OH excluding ortho intramolecular Hbond substituents is 2. The number of carboxylic acid groups (broad SMARTS) is 1. The summed E-state index contributed by atoms with van der Waals surface area (Å²) in [5.74, 6) is -2.13. The average molecular weight is 322 g/mol. The van der Waals surface area contributed by atoms with Crippen LogP contribution < -0.4 is 4.74 Å². The molecule has 8 heteroatoms. The molecule has 1 aromatic carbocycles. The van der Waals surface area contributed by atoms with Gasteiger partial charge in [0.05, 0.1) is 12.5 Å². The summed E-state index contributed by atoms with van der Waals surface area (Å²) in [5, 5.41) is 38.5. The number of hydrogen-bond donors (Lipinski definition) is 4. The first-order chi connectivity index (χ1) is 10.8. The van der Waals surface area contributed by atoms with Gasteiger partial charge in [0.2, 0.25) is 0 Å². The van der Waals surface area contributed by atoms with Crippen LogP contribution in [-0.2, 0) is 20.7 Å². The molecule has 2 aliphatic heterocycles. The van der Waals surface area contributed by atoms with Crippen molar-refractivity contribution >= 4 is 11.9 Å². The van der Waals surface area contributed by atoms with E-state index in [0.29, 0.717) is 5.56 Å². The van der Waals surface area contributed by atoms with Gasteiger partial charge in [-0.25, -0.2) is 4.79 Å². The van der Waals surface area contributed by atoms with Gasteiger partial charge in [0, 0.05) is 35.8 Å². The number of aromatic hydroxyl groups is 2. The Morgan fingerprint density at radius 1 is 1.26 bits per heavy atom. The Hall–Kier alpha value is -2.74. The number of benzene rings is 1. The Morgan fingerprint density at radius 2 is 2.00 bits per heavy atom. The van der Waals surface area contributed by atoms with E-state index in [1.165, 1.54) is 6.07 Å². The molecule has 0 fully saturated rings. The number of aliphatic hydroxyl groups is 1. The molecular weight excluding hydrogens is 308 g/mol. The van der Waals surface area contributed by atoms with Gasteiger partial charge < -0.3 is 29.9 Å². The molecule has 1 aromatic rings. The van der Waals surface area contributed by atoms with Crippen LogP contribution >= 0.6 is 0 Å². The van der Waals surface area contributed by atoms with Crippen LogP contribution in [0.25, 0.3) is 0 Å². The summed E-state index contributed by atoms with van der Waals surface area (Å²) in [6, 6.07) is 2.41. The van der Waals surface area contributed by atoms with E-state index < -0.39 is 36.7 Å². The second kappa shape index (κ2) is 5.47. The molecule has 0 aliphatic carbocycles. The number of aliphatic hydroxyl groups excluding tert-OH is 1. The Morgan fingerprint density at radius 3 is 2.70 bits per heavy atom. The zero-order chi connectivity index (χ0) is 16.7. The molecule has 0 bridgehead atoms. The Bertz CT molecular complexity index is 708. The van der Waals surface area contributed by atoms with Gasteiger partial charge >= 0.3 is 11.9 Å². The Labute approximate surface area is 130 Å². The highest BCUT2D eigenvalue weighted by molar-refractivity contribution is 5.87. The average Bonchev–Trinajstić information content (AvgIpc) is 2.78. The van der Waals surface area contributed by atoms with E-state index in [4.69, 9.17) is 14.6 Å². The van der Waals surface area contributed by atoms with E-state index in [1.807, 2.05) is 0 Å². The number of carboxylic acids is 1. The third-order valence-corrected chi connectivity index (χ3v) is 3.79. The second-order valence-corrected chi connectivity index (χ2v) is 5.42. The molecule has 4 N–H and O–H groups in total. The number of carbonyl (C=O) groups is 2. The number of esters is 1. The molecule has 2 aliphatic rings. The summed E-state index contributed by atoms with van der Waals surface area (Å²) in [6.45, 7) is 0. The van der Waals surface area contributed by atoms with Gasteiger partial charge in [-0.15, -0.1) is 0 Å². The maximum absolute atomic E-state index is 11.4. The molecule has 0 saturated carbocycles. The first-order valence-corrected chi connectivity index (χ1v) is 6.88. The fraction of sp³-hybridized carbons (Fsp3) is 0.333. The molecule has 0 amide bonds. The molecule has 0 spiro atoms. The number of phenols is 2. The molecular formula is C15H14O8. The van der Waals surface area contributed by atoms with E-state index in [2.05, 4.69) is 0 Å². The zero-order valence-corrected chi connectivity index (χ0v) is 11.8. The number of cyclic esters (lactones) is 1. The number of rotatable bonds is 3. The molecule has 0 saturated heterocycles. The van der Waals surface area contributed by atoms with Crippen LogP contribution in [0.3, 0.4) is 0 Å². The lowest BCUT2D eigenvalue weighted by atomic mass is 9.91. The second-order valence-electron chi connectivity index (χ2n) is 5.42. The standard InChI is InChI=1S/C15H14O8/c16-6-1-9(17)7-3-10(18)15(23-11(7)2-6)8-4-14(21)22-12(8)5-13(19)20/h1-2,4,10,12,15-18H,3,5H2,(H,19,20)/t10-,12-,15+/m0/s1. The predicted molar refractivity (Wildman–Crippen MR) is 74.1 cm³/mol. The van der Waals surface area contributed by atoms with Crippen molar-refractivity contribution in [3.05, 3.63) is 29.3 Å². The maximum Gasteiger partial charge on any atom is 0.331 e. The van der Waals surface area contributed by atoms with Crippen molar-refractivity contribution in [1.82, 2.24) is 0 Å². The first kappa shape index (κ1) is 15.2. The topological polar surface area (TPSA) is 134 Å². The van der Waals surface area contributed by atoms with E-state index in [0.717, 1.165) is 12.1 Å². The van der Waals surface area contributed by atoms with Gasteiger partial charge in [0.25, 0.3) is 0 Å². The van der Waals surface area contributed by atoms with E-state index in [-0.39, 0.29) is 29.2 Å². The van der Waals surface area contributed by atoms with Crippen molar-refractivity contribution in [2.24, 2.45) is 0 Å². The van der Waals surface area contributed by atoms with Crippen molar-refractivity contribution < 1.29 is 39.5 Å². The minimum absolute atomic E-state index is 0.0252. The minimum Gasteiger partial charge on any atom is -0.508 e. The highest BCUT2D eigenvalue weighted by Gasteiger charge is 2.41. The maximum atomic E-state index is 11.4. The number of ether oxygens (including phenoxy) is 2. The molecule has 3 atom stereocenters. The van der Waals surface area contributed by atoms with Crippen LogP contribution in [0.1, 0.15) is 12.0 Å². The van der Waals surface area contributed by atoms with Gasteiger partial charge in [-0.3, -0.25) is 4.79 Å². The van der Waals surface area contributed by atoms with Crippen LogP contribution in [-0.4, -0.2) is 50.7 Å². The molecule has 0 radical (unpaired) electrons. The fourth-order valence-corrected chi connectivity index (χ4v) is 2.80. The monoisotopic (exact) mass is 322 g/mol. The molecule has 23 heavy (non-hydrogen) atoms. The third-order valence-electron chi connectivity index (χ3n) is 3.79. The predicted octanol–water partition coefficient (Wildman–Crippen LogP) is 0.0887. The van der Waals surface area contributed by atoms with Crippen LogP contribution in [0, 0.1) is 0 Å². The van der Waals surface area contributed by atoms with Gasteiger partial charge in [-0.1, -0.05) is 0 Å². The zero-order valence-electron chi connectivity index (χ0n) is 11.8. The lowest BCUT2D eigenvalue weighted by molar-refractivity contribution is -0.144. The smallest absolute Gasteiger partial charge is 0.331 e. The van der Waals surface area contributed by atoms with Gasteiger partial charge in [-0.2, -0.15) is 0 Å². The van der Waals surface area contributed by atoms with Crippen LogP contribution in [0.2, 0.25) is 0 Å². The van der Waals surface area contributed by atoms with Gasteiger partial charge in [0.15, 0.2) is 0 Å². The SMILES string of the molecule is O=C(O)C[C@@H]1OC(=O)C=C1[C@H]1Oc2cc(O)cc(O)c2C[C@@H]1O. The summed E-state index contributed by atoms with van der Waals surface area (Å²) in [4.78, 5) is 22.3. The van der Waals surface area contributed by atoms with Crippen LogP contribution in [0.5, 0.6) is 17.2 Å². The van der Waals surface area contributed by atoms with Crippen molar-refractivity contribution in [2.75, 3.05) is 0 Å². The normalized spacial score (nSPS) is 26.0. The Balaban J connectivity index is 1.92. The summed E-state index contributed by atoms with van der Waals surface area (Å²) in [5.41, 5.74) is 0.547. The number of carbonyl (C=O) groups excluding carboxylic acids is 1. The van der Waals surface area contributed by atoms with E-state index in [9.17, 15) is 24.9 Å². The Kier molecular flexibility index (Phi) is 3.61. The summed E-state index contributed by atoms with van der Waals surface area (Å²) >= 11 is 0. The van der Waals surface area contributed by atoms with Crippen LogP contribution in [0.4, 0.5) is 0 Å². The highest BCUT2D eigenvalue weighted by Crippen LogP contribution is 2.40. The summed E-state index contributed by atoms with van der Waals surface area (Å²) < 4.78 is 10.5. The quantitative estimate of drug-likeness (QED) is 0.575. The lowest BCUT2D eigenvalue weighted by Gasteiger charge is -2.33. The highest BCUT2D eigenvalue weighted by atomic mass is 16.6. The van der Waals surface area contributed by atoms with Crippen LogP contribution in [0.15, 0.2) is 23.8 Å². The van der Waals surface area contributed by atoms with Crippen molar-refractivity contribution in [2.45, 2.75) is 31.2 Å². The van der Waals surface area contributed by atoms with E-state index in [1.54, 1.807) is 0 Å². The molecule has 0 aromatic heterocycles. The largest absolute Gasteiger partial charge is 0.508 e.